The number of para-hydroxylation sites is 2. The highest BCUT2D eigenvalue weighted by molar-refractivity contribution is 5.94. The van der Waals surface area contributed by atoms with E-state index < -0.39 is 0 Å². The highest BCUT2D eigenvalue weighted by Gasteiger charge is 2.09. The first kappa shape index (κ1) is 23.1. The van der Waals surface area contributed by atoms with Crippen LogP contribution in [0.4, 0.5) is 0 Å². The molecule has 0 spiro atoms. The minimum atomic E-state index is -0.110. The molecule has 7 heteroatoms. The van der Waals surface area contributed by atoms with Crippen molar-refractivity contribution in [2.75, 3.05) is 33.8 Å². The number of ether oxygens (including phenoxy) is 2. The zero-order chi connectivity index (χ0) is 21.8. The number of amides is 1. The number of benzene rings is 2. The predicted molar refractivity (Wildman–Crippen MR) is 121 cm³/mol. The van der Waals surface area contributed by atoms with Crippen LogP contribution >= 0.6 is 0 Å². The maximum atomic E-state index is 11.8. The Morgan fingerprint density at radius 3 is 2.57 bits per heavy atom. The molecular formula is C23H32N4O3. The highest BCUT2D eigenvalue weighted by atomic mass is 16.5. The van der Waals surface area contributed by atoms with Crippen molar-refractivity contribution in [3.63, 3.8) is 0 Å². The van der Waals surface area contributed by atoms with Gasteiger partial charge in [-0.25, -0.2) is 4.99 Å². The monoisotopic (exact) mass is 412 g/mol. The Morgan fingerprint density at radius 2 is 1.87 bits per heavy atom. The van der Waals surface area contributed by atoms with E-state index in [1.54, 1.807) is 14.2 Å². The number of hydrogen-bond acceptors (Lipinski definition) is 4. The van der Waals surface area contributed by atoms with Crippen LogP contribution in [0.1, 0.15) is 29.8 Å². The van der Waals surface area contributed by atoms with Gasteiger partial charge in [0.25, 0.3) is 5.91 Å². The number of nitrogens with zero attached hydrogens (tertiary/aromatic N) is 1. The standard InChI is InChI=1S/C23H32N4O3/c1-5-25-23(26-14-13-18-9-8-10-19(15-18)22(28)24-3)27-16-17(2)30-21-12-7-6-11-20(21)29-4/h6-12,15,17H,5,13-14,16H2,1-4H3,(H,24,28)(H2,25,26,27). The van der Waals surface area contributed by atoms with E-state index in [0.29, 0.717) is 30.2 Å². The molecule has 7 nitrogen and oxygen atoms in total. The van der Waals surface area contributed by atoms with Crippen molar-refractivity contribution in [2.24, 2.45) is 4.99 Å². The maximum Gasteiger partial charge on any atom is 0.251 e. The largest absolute Gasteiger partial charge is 0.493 e. The Morgan fingerprint density at radius 1 is 1.10 bits per heavy atom. The molecule has 0 aromatic heterocycles. The van der Waals surface area contributed by atoms with Crippen molar-refractivity contribution < 1.29 is 14.3 Å². The summed E-state index contributed by atoms with van der Waals surface area (Å²) in [5.41, 5.74) is 1.75. The van der Waals surface area contributed by atoms with Gasteiger partial charge in [0.05, 0.1) is 13.7 Å². The topological polar surface area (TPSA) is 84.0 Å². The molecular weight excluding hydrogens is 380 g/mol. The third-order valence-corrected chi connectivity index (χ3v) is 4.37. The summed E-state index contributed by atoms with van der Waals surface area (Å²) in [7, 11) is 3.26. The summed E-state index contributed by atoms with van der Waals surface area (Å²) >= 11 is 0. The first-order valence-corrected chi connectivity index (χ1v) is 10.2. The van der Waals surface area contributed by atoms with Crippen molar-refractivity contribution in [3.05, 3.63) is 59.7 Å². The molecule has 2 rings (SSSR count). The second-order valence-corrected chi connectivity index (χ2v) is 6.76. The fraction of sp³-hybridized carbons (Fsp3) is 0.391. The summed E-state index contributed by atoms with van der Waals surface area (Å²) in [6.07, 6.45) is 0.670. The van der Waals surface area contributed by atoms with Gasteiger partial charge in [-0.3, -0.25) is 4.79 Å². The predicted octanol–water partition coefficient (Wildman–Crippen LogP) is 2.62. The molecule has 1 atom stereocenters. The lowest BCUT2D eigenvalue weighted by Gasteiger charge is -2.16. The lowest BCUT2D eigenvalue weighted by atomic mass is 10.1. The lowest BCUT2D eigenvalue weighted by Crippen LogP contribution is -2.39. The Bertz CT molecular complexity index is 839. The van der Waals surface area contributed by atoms with Crippen LogP contribution in [0.2, 0.25) is 0 Å². The van der Waals surface area contributed by atoms with E-state index in [4.69, 9.17) is 9.47 Å². The molecule has 0 radical (unpaired) electrons. The van der Waals surface area contributed by atoms with E-state index in [0.717, 1.165) is 24.5 Å². The normalized spacial score (nSPS) is 12.1. The van der Waals surface area contributed by atoms with Crippen LogP contribution in [-0.2, 0) is 6.42 Å². The maximum absolute atomic E-state index is 11.8. The highest BCUT2D eigenvalue weighted by Crippen LogP contribution is 2.26. The Hall–Kier alpha value is -3.22. The van der Waals surface area contributed by atoms with Gasteiger partial charge in [0.1, 0.15) is 6.10 Å². The van der Waals surface area contributed by atoms with E-state index in [1.165, 1.54) is 0 Å². The van der Waals surface area contributed by atoms with Gasteiger partial charge >= 0.3 is 0 Å². The van der Waals surface area contributed by atoms with E-state index in [2.05, 4.69) is 20.9 Å². The minimum Gasteiger partial charge on any atom is -0.493 e. The Kier molecular flexibility index (Phi) is 9.51. The molecule has 2 aromatic rings. The van der Waals surface area contributed by atoms with Crippen molar-refractivity contribution in [3.8, 4) is 11.5 Å². The van der Waals surface area contributed by atoms with Gasteiger partial charge < -0.3 is 25.4 Å². The van der Waals surface area contributed by atoms with Crippen LogP contribution < -0.4 is 25.4 Å². The van der Waals surface area contributed by atoms with Gasteiger partial charge in [0.15, 0.2) is 17.5 Å². The molecule has 0 aliphatic carbocycles. The Balaban J connectivity index is 1.89. The number of aliphatic imine (C=N–C) groups is 1. The zero-order valence-electron chi connectivity index (χ0n) is 18.2. The number of nitrogens with one attached hydrogen (secondary N) is 3. The molecule has 162 valence electrons. The number of carbonyl (C=O) groups is 1. The summed E-state index contributed by atoms with van der Waals surface area (Å²) in [5, 5.41) is 9.22. The number of guanidine groups is 1. The third-order valence-electron chi connectivity index (χ3n) is 4.37. The molecule has 30 heavy (non-hydrogen) atoms. The number of methoxy groups -OCH3 is 1. The summed E-state index contributed by atoms with van der Waals surface area (Å²) in [5.74, 6) is 2.06. The van der Waals surface area contributed by atoms with Crippen LogP contribution in [0.25, 0.3) is 0 Å². The fourth-order valence-electron chi connectivity index (χ4n) is 2.87. The van der Waals surface area contributed by atoms with Gasteiger partial charge in [-0.2, -0.15) is 0 Å². The molecule has 0 bridgehead atoms. The minimum absolute atomic E-state index is 0.0799. The molecule has 2 aromatic carbocycles. The van der Waals surface area contributed by atoms with E-state index in [9.17, 15) is 4.79 Å². The number of carbonyl (C=O) groups excluding carboxylic acids is 1. The quantitative estimate of drug-likeness (QED) is 0.413. The fourth-order valence-corrected chi connectivity index (χ4v) is 2.87. The van der Waals surface area contributed by atoms with Crippen molar-refractivity contribution in [2.45, 2.75) is 26.4 Å². The van der Waals surface area contributed by atoms with Crippen LogP contribution in [0.15, 0.2) is 53.5 Å². The van der Waals surface area contributed by atoms with Gasteiger partial charge in [0.2, 0.25) is 0 Å². The van der Waals surface area contributed by atoms with Crippen LogP contribution in [-0.4, -0.2) is 51.8 Å². The second kappa shape index (κ2) is 12.4. The van der Waals surface area contributed by atoms with Gasteiger partial charge in [-0.05, 0) is 50.1 Å². The molecule has 0 aliphatic rings. The molecule has 1 unspecified atom stereocenters. The molecule has 1 amide bonds. The zero-order valence-corrected chi connectivity index (χ0v) is 18.2. The smallest absolute Gasteiger partial charge is 0.251 e. The molecule has 0 fully saturated rings. The van der Waals surface area contributed by atoms with Crippen molar-refractivity contribution in [1.82, 2.24) is 16.0 Å². The van der Waals surface area contributed by atoms with E-state index in [1.807, 2.05) is 62.4 Å². The first-order chi connectivity index (χ1) is 14.6. The summed E-state index contributed by atoms with van der Waals surface area (Å²) in [6.45, 7) is 5.96. The molecule has 3 N–H and O–H groups in total. The second-order valence-electron chi connectivity index (χ2n) is 6.76. The SMILES string of the molecule is CCNC(=NCC(C)Oc1ccccc1OC)NCCc1cccc(C(=O)NC)c1. The van der Waals surface area contributed by atoms with E-state index >= 15 is 0 Å². The molecule has 0 heterocycles. The Labute approximate surface area is 178 Å². The average Bonchev–Trinajstić information content (AvgIpc) is 2.77. The molecule has 0 aliphatic heterocycles. The third kappa shape index (κ3) is 7.31. The van der Waals surface area contributed by atoms with Gasteiger partial charge in [-0.1, -0.05) is 24.3 Å². The van der Waals surface area contributed by atoms with Crippen LogP contribution in [0.3, 0.4) is 0 Å². The van der Waals surface area contributed by atoms with Gasteiger partial charge in [-0.15, -0.1) is 0 Å². The van der Waals surface area contributed by atoms with Crippen LogP contribution in [0.5, 0.6) is 11.5 Å². The molecule has 0 saturated heterocycles. The average molecular weight is 413 g/mol. The summed E-state index contributed by atoms with van der Waals surface area (Å²) < 4.78 is 11.3. The number of hydrogen-bond donors (Lipinski definition) is 3. The van der Waals surface area contributed by atoms with Crippen molar-refractivity contribution >= 4 is 11.9 Å². The van der Waals surface area contributed by atoms with Crippen LogP contribution in [0, 0.1) is 0 Å². The number of rotatable bonds is 10. The lowest BCUT2D eigenvalue weighted by molar-refractivity contribution is 0.0963. The summed E-state index contributed by atoms with van der Waals surface area (Å²) in [6, 6.07) is 15.2. The first-order valence-electron chi connectivity index (χ1n) is 10.2. The van der Waals surface area contributed by atoms with Crippen molar-refractivity contribution in [1.29, 1.82) is 0 Å². The van der Waals surface area contributed by atoms with Gasteiger partial charge in [0, 0.05) is 25.7 Å². The van der Waals surface area contributed by atoms with E-state index in [-0.39, 0.29) is 12.0 Å². The summed E-state index contributed by atoms with van der Waals surface area (Å²) in [4.78, 5) is 16.4. The molecule has 0 saturated carbocycles.